The van der Waals surface area contributed by atoms with Gasteiger partial charge < -0.3 is 24.4 Å². The van der Waals surface area contributed by atoms with E-state index in [2.05, 4.69) is 36.4 Å². The van der Waals surface area contributed by atoms with Crippen molar-refractivity contribution in [2.45, 2.75) is 90.3 Å². The lowest BCUT2D eigenvalue weighted by atomic mass is 9.93. The van der Waals surface area contributed by atoms with Crippen LogP contribution in [0.3, 0.4) is 0 Å². The number of aryl methyl sites for hydroxylation is 1. The van der Waals surface area contributed by atoms with Gasteiger partial charge in [0.05, 0.1) is 25.1 Å². The number of ether oxygens (including phenoxy) is 3. The topological polar surface area (TPSA) is 102 Å². The minimum Gasteiger partial charge on any atom is -0.490 e. The molecule has 1 aliphatic carbocycles. The van der Waals surface area contributed by atoms with Crippen LogP contribution >= 0.6 is 0 Å². The van der Waals surface area contributed by atoms with Crippen molar-refractivity contribution in [3.63, 3.8) is 0 Å². The van der Waals surface area contributed by atoms with Crippen molar-refractivity contribution in [3.05, 3.63) is 58.9 Å². The second-order valence-corrected chi connectivity index (χ2v) is 9.90. The molecule has 0 amide bonds. The van der Waals surface area contributed by atoms with Gasteiger partial charge in [-0.05, 0) is 55.2 Å². The average molecular weight is 531 g/mol. The lowest BCUT2D eigenvalue weighted by molar-refractivity contribution is -0.144. The molecule has 0 aromatic heterocycles. The first-order valence-electron chi connectivity index (χ1n) is 14.0. The molecule has 2 N–H and O–H groups in total. The van der Waals surface area contributed by atoms with Crippen molar-refractivity contribution in [1.29, 1.82) is 0 Å². The summed E-state index contributed by atoms with van der Waals surface area (Å²) in [4.78, 5) is 23.6. The molecule has 0 saturated heterocycles. The van der Waals surface area contributed by atoms with Crippen molar-refractivity contribution in [2.75, 3.05) is 26.9 Å². The Morgan fingerprint density at radius 3 is 2.63 bits per heavy atom. The highest BCUT2D eigenvalue weighted by Crippen LogP contribution is 2.37. The molecule has 1 aliphatic rings. The third-order valence-corrected chi connectivity index (χ3v) is 6.68. The third-order valence-electron chi connectivity index (χ3n) is 6.68. The van der Waals surface area contributed by atoms with Gasteiger partial charge in [-0.25, -0.2) is 0 Å². The van der Waals surface area contributed by atoms with Crippen molar-refractivity contribution in [2.24, 2.45) is 5.92 Å². The van der Waals surface area contributed by atoms with Gasteiger partial charge in [0.2, 0.25) is 0 Å². The quantitative estimate of drug-likeness (QED) is 0.135. The number of rotatable bonds is 20. The van der Waals surface area contributed by atoms with E-state index in [4.69, 9.17) is 19.3 Å². The van der Waals surface area contributed by atoms with Crippen LogP contribution in [0.5, 0.6) is 0 Å². The highest BCUT2D eigenvalue weighted by atomic mass is 16.5. The van der Waals surface area contributed by atoms with Gasteiger partial charge in [-0.15, -0.1) is 0 Å². The highest BCUT2D eigenvalue weighted by Gasteiger charge is 2.32. The van der Waals surface area contributed by atoms with E-state index >= 15 is 0 Å². The molecule has 0 bridgehead atoms. The SMILES string of the molecule is CCCC(=O)COC1=C(CCCCCCC(=O)OCCO)C(/C=C/CCc2cccc(COC)c2)[C@H](O)C1. The standard InChI is InChI=1S/C31H46O7/c1-3-11-26(33)23-38-30-21-29(34)27(15-9-8-12-24-13-10-14-25(20-24)22-36-2)28(30)16-6-4-5-7-17-31(35)37-19-18-32/h9-10,13-15,20,27,29,32,34H,3-8,11-12,16-19,21-23H2,1-2H3/b15-9+/t27?,29-/m1/s1. The summed E-state index contributed by atoms with van der Waals surface area (Å²) in [6.45, 7) is 2.53. The molecule has 212 valence electrons. The molecule has 0 heterocycles. The molecule has 1 aromatic carbocycles. The van der Waals surface area contributed by atoms with Crippen LogP contribution in [0.2, 0.25) is 0 Å². The second kappa shape index (κ2) is 18.7. The molecule has 2 rings (SSSR count). The monoisotopic (exact) mass is 530 g/mol. The molecule has 7 nitrogen and oxygen atoms in total. The predicted molar refractivity (Wildman–Crippen MR) is 147 cm³/mol. The van der Waals surface area contributed by atoms with Gasteiger partial charge in [-0.3, -0.25) is 9.59 Å². The van der Waals surface area contributed by atoms with Crippen molar-refractivity contribution in [3.8, 4) is 0 Å². The van der Waals surface area contributed by atoms with Gasteiger partial charge in [0.15, 0.2) is 5.78 Å². The van der Waals surface area contributed by atoms with Crippen LogP contribution in [-0.4, -0.2) is 55.0 Å². The number of aliphatic hydroxyl groups excluding tert-OH is 2. The number of allylic oxidation sites excluding steroid dienone is 1. The van der Waals surface area contributed by atoms with Gasteiger partial charge in [-0.2, -0.15) is 0 Å². The maximum atomic E-state index is 12.0. The summed E-state index contributed by atoms with van der Waals surface area (Å²) in [6.07, 6.45) is 11.8. The number of hydrogen-bond donors (Lipinski definition) is 2. The van der Waals surface area contributed by atoms with Gasteiger partial charge in [0, 0.05) is 32.3 Å². The zero-order chi connectivity index (χ0) is 27.6. The number of carbonyl (C=O) groups is 2. The summed E-state index contributed by atoms with van der Waals surface area (Å²) in [5, 5.41) is 19.6. The molecular weight excluding hydrogens is 484 g/mol. The Labute approximate surface area is 227 Å². The zero-order valence-corrected chi connectivity index (χ0v) is 23.2. The maximum Gasteiger partial charge on any atom is 0.305 e. The number of unbranched alkanes of at least 4 members (excludes halogenated alkanes) is 3. The fourth-order valence-electron chi connectivity index (χ4n) is 4.79. The normalized spacial score (nSPS) is 17.4. The minimum absolute atomic E-state index is 0.0496. The Morgan fingerprint density at radius 1 is 1.08 bits per heavy atom. The van der Waals surface area contributed by atoms with E-state index < -0.39 is 6.10 Å². The molecular formula is C31H46O7. The van der Waals surface area contributed by atoms with Crippen LogP contribution in [0.25, 0.3) is 0 Å². The summed E-state index contributed by atoms with van der Waals surface area (Å²) in [7, 11) is 1.70. The summed E-state index contributed by atoms with van der Waals surface area (Å²) in [5.74, 6) is 0.455. The van der Waals surface area contributed by atoms with Gasteiger partial charge in [0.25, 0.3) is 0 Å². The first kappa shape index (κ1) is 31.7. The molecule has 0 saturated carbocycles. The summed E-state index contributed by atoms with van der Waals surface area (Å²) in [6, 6.07) is 8.40. The first-order valence-corrected chi connectivity index (χ1v) is 14.0. The molecule has 0 radical (unpaired) electrons. The molecule has 0 spiro atoms. The number of methoxy groups -OCH3 is 1. The van der Waals surface area contributed by atoms with E-state index in [1.165, 1.54) is 5.56 Å². The van der Waals surface area contributed by atoms with Crippen molar-refractivity contribution < 1.29 is 34.0 Å². The van der Waals surface area contributed by atoms with Gasteiger partial charge in [0.1, 0.15) is 13.2 Å². The molecule has 7 heteroatoms. The van der Waals surface area contributed by atoms with Gasteiger partial charge >= 0.3 is 5.97 Å². The van der Waals surface area contributed by atoms with E-state index in [-0.39, 0.29) is 37.5 Å². The van der Waals surface area contributed by atoms with E-state index in [0.717, 1.165) is 68.3 Å². The number of carbonyl (C=O) groups excluding carboxylic acids is 2. The third kappa shape index (κ3) is 11.9. The summed E-state index contributed by atoms with van der Waals surface area (Å²) >= 11 is 0. The zero-order valence-electron chi connectivity index (χ0n) is 23.2. The molecule has 1 unspecified atom stereocenters. The molecule has 38 heavy (non-hydrogen) atoms. The van der Waals surface area contributed by atoms with Gasteiger partial charge in [-0.1, -0.05) is 56.2 Å². The first-order chi connectivity index (χ1) is 18.5. The number of ketones is 1. The van der Waals surface area contributed by atoms with Crippen molar-refractivity contribution >= 4 is 11.8 Å². The number of esters is 1. The Balaban J connectivity index is 1.93. The highest BCUT2D eigenvalue weighted by molar-refractivity contribution is 5.79. The maximum absolute atomic E-state index is 12.0. The lowest BCUT2D eigenvalue weighted by Crippen LogP contribution is -2.14. The summed E-state index contributed by atoms with van der Waals surface area (Å²) in [5.41, 5.74) is 3.50. The van der Waals surface area contributed by atoms with Crippen LogP contribution in [-0.2, 0) is 36.8 Å². The van der Waals surface area contributed by atoms with E-state index in [0.29, 0.717) is 25.9 Å². The Bertz CT molecular complexity index is 905. The van der Waals surface area contributed by atoms with Crippen LogP contribution in [0, 0.1) is 5.92 Å². The lowest BCUT2D eigenvalue weighted by Gasteiger charge is -2.15. The Hall–Kier alpha value is -2.48. The Kier molecular flexibility index (Phi) is 15.6. The van der Waals surface area contributed by atoms with E-state index in [1.807, 2.05) is 6.92 Å². The Morgan fingerprint density at radius 2 is 1.87 bits per heavy atom. The van der Waals surface area contributed by atoms with Crippen LogP contribution in [0.1, 0.15) is 82.3 Å². The molecule has 2 atom stereocenters. The summed E-state index contributed by atoms with van der Waals surface area (Å²) < 4.78 is 16.1. The molecule has 0 fully saturated rings. The van der Waals surface area contributed by atoms with Crippen LogP contribution in [0.15, 0.2) is 47.7 Å². The van der Waals surface area contributed by atoms with Crippen LogP contribution < -0.4 is 0 Å². The molecule has 1 aromatic rings. The predicted octanol–water partition coefficient (Wildman–Crippen LogP) is 5.22. The number of aliphatic hydroxyl groups is 2. The number of Topliss-reactive ketones (excluding diaryl/α,β-unsaturated/α-hetero) is 1. The largest absolute Gasteiger partial charge is 0.490 e. The van der Waals surface area contributed by atoms with E-state index in [1.54, 1.807) is 7.11 Å². The smallest absolute Gasteiger partial charge is 0.305 e. The fourth-order valence-corrected chi connectivity index (χ4v) is 4.79. The fraction of sp³-hybridized carbons (Fsp3) is 0.613. The number of benzene rings is 1. The average Bonchev–Trinajstić information content (AvgIpc) is 3.20. The van der Waals surface area contributed by atoms with E-state index in [9.17, 15) is 14.7 Å². The van der Waals surface area contributed by atoms with Crippen molar-refractivity contribution in [1.82, 2.24) is 0 Å². The minimum atomic E-state index is -0.552. The second-order valence-electron chi connectivity index (χ2n) is 9.90. The van der Waals surface area contributed by atoms with Crippen LogP contribution in [0.4, 0.5) is 0 Å². The molecule has 0 aliphatic heterocycles. The number of hydrogen-bond acceptors (Lipinski definition) is 7.